The second kappa shape index (κ2) is 6.00. The van der Waals surface area contributed by atoms with Crippen LogP contribution >= 0.6 is 0 Å². The summed E-state index contributed by atoms with van der Waals surface area (Å²) in [6.07, 6.45) is -0.717. The molecule has 0 N–H and O–H groups in total. The van der Waals surface area contributed by atoms with Crippen molar-refractivity contribution in [2.45, 2.75) is 52.4 Å². The molecule has 1 heterocycles. The van der Waals surface area contributed by atoms with Crippen LogP contribution in [0.2, 0.25) is 0 Å². The van der Waals surface area contributed by atoms with Gasteiger partial charge in [-0.2, -0.15) is 0 Å². The third kappa shape index (κ3) is 4.00. The Bertz CT molecular complexity index is 257. The van der Waals surface area contributed by atoms with E-state index in [-0.39, 0.29) is 18.2 Å². The molecule has 0 amide bonds. The van der Waals surface area contributed by atoms with E-state index in [0.717, 1.165) is 0 Å². The van der Waals surface area contributed by atoms with Gasteiger partial charge in [-0.15, -0.1) is 0 Å². The molecule has 2 unspecified atom stereocenters. The summed E-state index contributed by atoms with van der Waals surface area (Å²) in [4.78, 5) is 23.4. The van der Waals surface area contributed by atoms with Crippen LogP contribution in [0.5, 0.6) is 0 Å². The van der Waals surface area contributed by atoms with Gasteiger partial charge in [-0.25, -0.2) is 4.79 Å². The predicted octanol–water partition coefficient (Wildman–Crippen LogP) is 1.29. The van der Waals surface area contributed by atoms with Gasteiger partial charge in [0, 0.05) is 6.61 Å². The van der Waals surface area contributed by atoms with Crippen LogP contribution in [0.4, 0.5) is 0 Å². The number of hydrogen-bond acceptors (Lipinski definition) is 5. The van der Waals surface area contributed by atoms with Crippen LogP contribution in [0.3, 0.4) is 0 Å². The summed E-state index contributed by atoms with van der Waals surface area (Å²) in [5.41, 5.74) is 0. The summed E-state index contributed by atoms with van der Waals surface area (Å²) in [6.45, 7) is 7.45. The number of esters is 2. The molecule has 5 heteroatoms. The van der Waals surface area contributed by atoms with Gasteiger partial charge in [0.2, 0.25) is 0 Å². The van der Waals surface area contributed by atoms with Crippen molar-refractivity contribution < 1.29 is 23.8 Å². The van der Waals surface area contributed by atoms with Gasteiger partial charge in [0.1, 0.15) is 0 Å². The normalized spacial score (nSPS) is 24.1. The van der Waals surface area contributed by atoms with Gasteiger partial charge in [-0.1, -0.05) is 0 Å². The first-order valence-corrected chi connectivity index (χ1v) is 5.94. The number of hydrogen-bond donors (Lipinski definition) is 0. The lowest BCUT2D eigenvalue weighted by molar-refractivity contribution is -0.168. The maximum atomic E-state index is 11.7. The molecule has 1 saturated heterocycles. The van der Waals surface area contributed by atoms with Gasteiger partial charge in [-0.05, 0) is 34.1 Å². The fourth-order valence-electron chi connectivity index (χ4n) is 1.68. The Morgan fingerprint density at radius 1 is 1.06 bits per heavy atom. The highest BCUT2D eigenvalue weighted by molar-refractivity contribution is 5.84. The Kier molecular flexibility index (Phi) is 4.93. The highest BCUT2D eigenvalue weighted by Crippen LogP contribution is 2.24. The van der Waals surface area contributed by atoms with Crippen molar-refractivity contribution in [3.8, 4) is 0 Å². The Morgan fingerprint density at radius 3 is 2.12 bits per heavy atom. The van der Waals surface area contributed by atoms with Crippen molar-refractivity contribution in [2.24, 2.45) is 5.92 Å². The fraction of sp³-hybridized carbons (Fsp3) is 0.833. The van der Waals surface area contributed by atoms with Gasteiger partial charge in [0.25, 0.3) is 0 Å². The molecule has 1 fully saturated rings. The summed E-state index contributed by atoms with van der Waals surface area (Å²) in [5, 5.41) is 0. The maximum Gasteiger partial charge on any atom is 0.336 e. The van der Waals surface area contributed by atoms with E-state index in [2.05, 4.69) is 0 Å². The Balaban J connectivity index is 2.59. The van der Waals surface area contributed by atoms with E-state index in [9.17, 15) is 9.59 Å². The van der Waals surface area contributed by atoms with Gasteiger partial charge in [0.05, 0.1) is 18.1 Å². The topological polar surface area (TPSA) is 61.8 Å². The Hall–Kier alpha value is -1.10. The van der Waals surface area contributed by atoms with Crippen LogP contribution in [0.1, 0.15) is 34.1 Å². The molecule has 2 atom stereocenters. The van der Waals surface area contributed by atoms with E-state index in [0.29, 0.717) is 13.0 Å². The lowest BCUT2D eigenvalue weighted by Gasteiger charge is -2.18. The van der Waals surface area contributed by atoms with Crippen LogP contribution in [-0.2, 0) is 23.8 Å². The highest BCUT2D eigenvalue weighted by atomic mass is 16.6. The quantitative estimate of drug-likeness (QED) is 0.697. The first-order chi connectivity index (χ1) is 7.91. The summed E-state index contributed by atoms with van der Waals surface area (Å²) >= 11 is 0. The molecule has 1 aliphatic rings. The third-order valence-electron chi connectivity index (χ3n) is 2.33. The van der Waals surface area contributed by atoms with Crippen LogP contribution in [0.25, 0.3) is 0 Å². The average molecular weight is 244 g/mol. The fourth-order valence-corrected chi connectivity index (χ4v) is 1.68. The molecule has 0 aromatic rings. The van der Waals surface area contributed by atoms with E-state index in [4.69, 9.17) is 14.2 Å². The molecular formula is C12H20O5. The maximum absolute atomic E-state index is 11.7. The second-order valence-corrected chi connectivity index (χ2v) is 4.66. The second-order valence-electron chi connectivity index (χ2n) is 4.66. The van der Waals surface area contributed by atoms with Crippen molar-refractivity contribution in [2.75, 3.05) is 6.61 Å². The zero-order chi connectivity index (χ0) is 13.0. The van der Waals surface area contributed by atoms with E-state index in [1.807, 2.05) is 0 Å². The first-order valence-electron chi connectivity index (χ1n) is 5.94. The molecule has 1 aliphatic heterocycles. The summed E-state index contributed by atoms with van der Waals surface area (Å²) < 4.78 is 15.4. The lowest BCUT2D eigenvalue weighted by Crippen LogP contribution is -2.36. The smallest absolute Gasteiger partial charge is 0.336 e. The molecule has 0 radical (unpaired) electrons. The molecule has 0 spiro atoms. The van der Waals surface area contributed by atoms with Crippen molar-refractivity contribution in [1.82, 2.24) is 0 Å². The van der Waals surface area contributed by atoms with E-state index < -0.39 is 18.0 Å². The average Bonchev–Trinajstić information content (AvgIpc) is 2.63. The molecule has 0 aromatic heterocycles. The molecule has 1 rings (SSSR count). The molecule has 17 heavy (non-hydrogen) atoms. The van der Waals surface area contributed by atoms with Gasteiger partial charge in [-0.3, -0.25) is 4.79 Å². The number of rotatable bonds is 4. The van der Waals surface area contributed by atoms with Gasteiger partial charge in [0.15, 0.2) is 6.10 Å². The summed E-state index contributed by atoms with van der Waals surface area (Å²) in [5.74, 6) is -1.41. The van der Waals surface area contributed by atoms with E-state index in [1.165, 1.54) is 0 Å². The zero-order valence-electron chi connectivity index (χ0n) is 10.8. The molecule has 0 aliphatic carbocycles. The monoisotopic (exact) mass is 244 g/mol. The van der Waals surface area contributed by atoms with Crippen LogP contribution < -0.4 is 0 Å². The molecule has 0 aromatic carbocycles. The molecule has 98 valence electrons. The Labute approximate surface area is 101 Å². The van der Waals surface area contributed by atoms with Crippen molar-refractivity contribution in [3.63, 3.8) is 0 Å². The van der Waals surface area contributed by atoms with Crippen LogP contribution in [0, 0.1) is 5.92 Å². The molecule has 0 saturated carbocycles. The van der Waals surface area contributed by atoms with Crippen LogP contribution in [-0.4, -0.2) is 36.9 Å². The van der Waals surface area contributed by atoms with Crippen molar-refractivity contribution in [1.29, 1.82) is 0 Å². The highest BCUT2D eigenvalue weighted by Gasteiger charge is 2.41. The largest absolute Gasteiger partial charge is 0.463 e. The Morgan fingerprint density at radius 2 is 1.59 bits per heavy atom. The van der Waals surface area contributed by atoms with Gasteiger partial charge < -0.3 is 14.2 Å². The number of ether oxygens (including phenoxy) is 3. The minimum atomic E-state index is -0.816. The minimum Gasteiger partial charge on any atom is -0.463 e. The lowest BCUT2D eigenvalue weighted by atomic mass is 10.0. The van der Waals surface area contributed by atoms with E-state index in [1.54, 1.807) is 27.7 Å². The number of carbonyl (C=O) groups is 2. The first kappa shape index (κ1) is 14.0. The predicted molar refractivity (Wildman–Crippen MR) is 60.3 cm³/mol. The minimum absolute atomic E-state index is 0.190. The molecular weight excluding hydrogens is 224 g/mol. The SMILES string of the molecule is CC(C)OC(=O)C1CCOC1C(=O)OC(C)C. The van der Waals surface area contributed by atoms with Gasteiger partial charge >= 0.3 is 11.9 Å². The van der Waals surface area contributed by atoms with Crippen molar-refractivity contribution in [3.05, 3.63) is 0 Å². The standard InChI is InChI=1S/C12H20O5/c1-7(2)16-11(13)9-5-6-15-10(9)12(14)17-8(3)4/h7-10H,5-6H2,1-4H3. The molecule has 0 bridgehead atoms. The summed E-state index contributed by atoms with van der Waals surface area (Å²) in [6, 6.07) is 0. The van der Waals surface area contributed by atoms with Crippen molar-refractivity contribution >= 4 is 11.9 Å². The zero-order valence-corrected chi connectivity index (χ0v) is 10.8. The number of carbonyl (C=O) groups excluding carboxylic acids is 2. The summed E-state index contributed by atoms with van der Waals surface area (Å²) in [7, 11) is 0. The van der Waals surface area contributed by atoms with E-state index >= 15 is 0 Å². The van der Waals surface area contributed by atoms with Crippen LogP contribution in [0.15, 0.2) is 0 Å². The third-order valence-corrected chi connectivity index (χ3v) is 2.33. The molecule has 5 nitrogen and oxygen atoms in total.